The average Bonchev–Trinajstić information content (AvgIpc) is 2.52. The van der Waals surface area contributed by atoms with Gasteiger partial charge in [-0.1, -0.05) is 41.9 Å². The SMILES string of the molecule is CNCC1(O)COc2ccccc2C1Oc1ccccc1Cl. The van der Waals surface area contributed by atoms with E-state index in [-0.39, 0.29) is 6.61 Å². The lowest BCUT2D eigenvalue weighted by atomic mass is 9.88. The molecule has 2 atom stereocenters. The number of hydrogen-bond donors (Lipinski definition) is 2. The maximum Gasteiger partial charge on any atom is 0.161 e. The summed E-state index contributed by atoms with van der Waals surface area (Å²) in [5.41, 5.74) is -0.367. The van der Waals surface area contributed by atoms with Crippen LogP contribution in [0.3, 0.4) is 0 Å². The van der Waals surface area contributed by atoms with Crippen LogP contribution >= 0.6 is 11.6 Å². The molecule has 0 saturated carbocycles. The van der Waals surface area contributed by atoms with E-state index in [1.54, 1.807) is 19.2 Å². The van der Waals surface area contributed by atoms with E-state index < -0.39 is 11.7 Å². The normalized spacial score (nSPS) is 23.5. The van der Waals surface area contributed by atoms with Gasteiger partial charge in [-0.2, -0.15) is 0 Å². The van der Waals surface area contributed by atoms with Crippen LogP contribution in [0.1, 0.15) is 11.7 Å². The Morgan fingerprint density at radius 2 is 2.00 bits per heavy atom. The van der Waals surface area contributed by atoms with Crippen molar-refractivity contribution < 1.29 is 14.6 Å². The van der Waals surface area contributed by atoms with Crippen molar-refractivity contribution in [3.05, 3.63) is 59.1 Å². The van der Waals surface area contributed by atoms with Crippen molar-refractivity contribution in [2.75, 3.05) is 20.2 Å². The van der Waals surface area contributed by atoms with E-state index in [1.165, 1.54) is 0 Å². The number of para-hydroxylation sites is 2. The molecule has 0 bridgehead atoms. The summed E-state index contributed by atoms with van der Waals surface area (Å²) in [6.45, 7) is 0.496. The highest BCUT2D eigenvalue weighted by molar-refractivity contribution is 6.32. The van der Waals surface area contributed by atoms with Crippen molar-refractivity contribution in [3.8, 4) is 11.5 Å². The maximum atomic E-state index is 11.0. The fraction of sp³-hybridized carbons (Fsp3) is 0.294. The first-order chi connectivity index (χ1) is 10.6. The summed E-state index contributed by atoms with van der Waals surface area (Å²) in [4.78, 5) is 0. The van der Waals surface area contributed by atoms with Crippen LogP contribution in [0.5, 0.6) is 11.5 Å². The van der Waals surface area contributed by atoms with Gasteiger partial charge in [-0.05, 0) is 25.2 Å². The summed E-state index contributed by atoms with van der Waals surface area (Å²) in [7, 11) is 1.78. The molecule has 0 amide bonds. The van der Waals surface area contributed by atoms with Crippen molar-refractivity contribution in [2.24, 2.45) is 0 Å². The van der Waals surface area contributed by atoms with Crippen molar-refractivity contribution >= 4 is 11.6 Å². The Hall–Kier alpha value is -1.75. The molecule has 2 N–H and O–H groups in total. The highest BCUT2D eigenvalue weighted by atomic mass is 35.5. The van der Waals surface area contributed by atoms with E-state index in [0.717, 1.165) is 11.3 Å². The zero-order valence-electron chi connectivity index (χ0n) is 12.3. The number of nitrogens with one attached hydrogen (secondary N) is 1. The number of halogens is 1. The average molecular weight is 320 g/mol. The zero-order valence-corrected chi connectivity index (χ0v) is 13.0. The van der Waals surface area contributed by atoms with Crippen LogP contribution in [0, 0.1) is 0 Å². The number of ether oxygens (including phenoxy) is 2. The summed E-state index contributed by atoms with van der Waals surface area (Å²) in [5.74, 6) is 1.26. The minimum absolute atomic E-state index is 0.153. The smallest absolute Gasteiger partial charge is 0.161 e. The Bertz CT molecular complexity index is 664. The molecule has 0 aliphatic carbocycles. The number of hydrogen-bond acceptors (Lipinski definition) is 4. The summed E-state index contributed by atoms with van der Waals surface area (Å²) < 4.78 is 11.8. The molecular formula is C17H18ClNO3. The van der Waals surface area contributed by atoms with E-state index in [0.29, 0.717) is 17.3 Å². The summed E-state index contributed by atoms with van der Waals surface area (Å²) in [5, 5.41) is 14.5. The van der Waals surface area contributed by atoms with Crippen molar-refractivity contribution in [1.29, 1.82) is 0 Å². The van der Waals surface area contributed by atoms with Gasteiger partial charge < -0.3 is 19.9 Å². The second-order valence-electron chi connectivity index (χ2n) is 5.39. The van der Waals surface area contributed by atoms with Crippen molar-refractivity contribution in [3.63, 3.8) is 0 Å². The molecule has 1 heterocycles. The van der Waals surface area contributed by atoms with Gasteiger partial charge in [-0.15, -0.1) is 0 Å². The van der Waals surface area contributed by atoms with Crippen LogP contribution in [0.15, 0.2) is 48.5 Å². The predicted molar refractivity (Wildman–Crippen MR) is 85.6 cm³/mol. The van der Waals surface area contributed by atoms with Gasteiger partial charge >= 0.3 is 0 Å². The lowest BCUT2D eigenvalue weighted by Crippen LogP contribution is -2.53. The van der Waals surface area contributed by atoms with E-state index >= 15 is 0 Å². The second-order valence-corrected chi connectivity index (χ2v) is 5.80. The second kappa shape index (κ2) is 6.16. The quantitative estimate of drug-likeness (QED) is 0.910. The molecule has 2 aromatic carbocycles. The first-order valence-corrected chi connectivity index (χ1v) is 7.52. The van der Waals surface area contributed by atoms with Gasteiger partial charge in [0.15, 0.2) is 11.7 Å². The van der Waals surface area contributed by atoms with Crippen LogP contribution in [0.4, 0.5) is 0 Å². The number of likely N-dealkylation sites (N-methyl/N-ethyl adjacent to an activating group) is 1. The lowest BCUT2D eigenvalue weighted by Gasteiger charge is -2.40. The number of fused-ring (bicyclic) bond motifs is 1. The first kappa shape index (κ1) is 15.2. The largest absolute Gasteiger partial charge is 0.490 e. The van der Waals surface area contributed by atoms with E-state index in [4.69, 9.17) is 21.1 Å². The minimum atomic E-state index is -1.18. The molecule has 116 valence electrons. The third-order valence-electron chi connectivity index (χ3n) is 3.73. The topological polar surface area (TPSA) is 50.7 Å². The molecule has 0 radical (unpaired) electrons. The fourth-order valence-corrected chi connectivity index (χ4v) is 2.87. The summed E-state index contributed by atoms with van der Waals surface area (Å²) >= 11 is 6.19. The van der Waals surface area contributed by atoms with Crippen LogP contribution in [0.25, 0.3) is 0 Å². The predicted octanol–water partition coefficient (Wildman–Crippen LogP) is 2.80. The zero-order chi connectivity index (χ0) is 15.6. The summed E-state index contributed by atoms with van der Waals surface area (Å²) in [6, 6.07) is 14.8. The molecule has 0 saturated heterocycles. The van der Waals surface area contributed by atoms with Gasteiger partial charge in [0.2, 0.25) is 0 Å². The number of aliphatic hydroxyl groups is 1. The van der Waals surface area contributed by atoms with E-state index in [1.807, 2.05) is 36.4 Å². The molecule has 2 aromatic rings. The highest BCUT2D eigenvalue weighted by Crippen LogP contribution is 2.41. The van der Waals surface area contributed by atoms with Crippen LogP contribution in [-0.2, 0) is 0 Å². The Morgan fingerprint density at radius 1 is 1.27 bits per heavy atom. The number of rotatable bonds is 4. The Kier molecular flexibility index (Phi) is 4.25. The molecular weight excluding hydrogens is 302 g/mol. The molecule has 1 aliphatic rings. The van der Waals surface area contributed by atoms with Gasteiger partial charge in [0.25, 0.3) is 0 Å². The fourth-order valence-electron chi connectivity index (χ4n) is 2.69. The molecule has 5 heteroatoms. The third kappa shape index (κ3) is 2.77. The molecule has 0 aromatic heterocycles. The molecule has 22 heavy (non-hydrogen) atoms. The van der Waals surface area contributed by atoms with Crippen molar-refractivity contribution in [1.82, 2.24) is 5.32 Å². The Morgan fingerprint density at radius 3 is 2.77 bits per heavy atom. The molecule has 0 spiro atoms. The number of benzene rings is 2. The molecule has 3 rings (SSSR count). The monoisotopic (exact) mass is 319 g/mol. The van der Waals surface area contributed by atoms with Gasteiger partial charge in [-0.25, -0.2) is 0 Å². The first-order valence-electron chi connectivity index (χ1n) is 7.14. The molecule has 0 fully saturated rings. The van der Waals surface area contributed by atoms with Gasteiger partial charge in [-0.3, -0.25) is 0 Å². The molecule has 4 nitrogen and oxygen atoms in total. The minimum Gasteiger partial charge on any atom is -0.490 e. The Labute approximate surface area is 134 Å². The maximum absolute atomic E-state index is 11.0. The molecule has 1 aliphatic heterocycles. The van der Waals surface area contributed by atoms with Crippen LogP contribution in [0.2, 0.25) is 5.02 Å². The standard InChI is InChI=1S/C17H18ClNO3/c1-19-10-17(20)11-21-14-8-4-2-6-12(14)16(17)22-15-9-5-3-7-13(15)18/h2-9,16,19-20H,10-11H2,1H3. The lowest BCUT2D eigenvalue weighted by molar-refractivity contribution is -0.101. The van der Waals surface area contributed by atoms with E-state index in [9.17, 15) is 5.11 Å². The Balaban J connectivity index is 2.01. The molecule has 2 unspecified atom stereocenters. The van der Waals surface area contributed by atoms with Crippen LogP contribution < -0.4 is 14.8 Å². The summed E-state index contributed by atoms with van der Waals surface area (Å²) in [6.07, 6.45) is -0.565. The van der Waals surface area contributed by atoms with Crippen LogP contribution in [-0.4, -0.2) is 30.9 Å². The highest BCUT2D eigenvalue weighted by Gasteiger charge is 2.45. The van der Waals surface area contributed by atoms with Gasteiger partial charge in [0.1, 0.15) is 18.1 Å². The van der Waals surface area contributed by atoms with Gasteiger partial charge in [0, 0.05) is 12.1 Å². The van der Waals surface area contributed by atoms with Crippen molar-refractivity contribution in [2.45, 2.75) is 11.7 Å². The van der Waals surface area contributed by atoms with E-state index in [2.05, 4.69) is 5.32 Å². The third-order valence-corrected chi connectivity index (χ3v) is 4.04. The van der Waals surface area contributed by atoms with Gasteiger partial charge in [0.05, 0.1) is 5.02 Å².